The van der Waals surface area contributed by atoms with Crippen molar-refractivity contribution < 1.29 is 0 Å². The van der Waals surface area contributed by atoms with E-state index in [1.54, 1.807) is 0 Å². The summed E-state index contributed by atoms with van der Waals surface area (Å²) >= 11 is 0. The maximum Gasteiger partial charge on any atom is 0.0320 e. The first-order chi connectivity index (χ1) is 8.33. The minimum atomic E-state index is 0.505. The molecule has 1 nitrogen and oxygen atoms in total. The first-order valence-corrected chi connectivity index (χ1v) is 6.83. The lowest BCUT2D eigenvalue weighted by molar-refractivity contribution is 0.438. The van der Waals surface area contributed by atoms with Crippen LogP contribution in [0.3, 0.4) is 0 Å². The molecular formula is C16H23N. The minimum Gasteiger partial charge on any atom is -0.307 e. The van der Waals surface area contributed by atoms with E-state index >= 15 is 0 Å². The lowest BCUT2D eigenvalue weighted by Crippen LogP contribution is -2.30. The molecule has 2 rings (SSSR count). The summed E-state index contributed by atoms with van der Waals surface area (Å²) in [5.41, 5.74) is 2.85. The van der Waals surface area contributed by atoms with Gasteiger partial charge in [-0.2, -0.15) is 0 Å². The van der Waals surface area contributed by atoms with Crippen LogP contribution in [0.4, 0.5) is 0 Å². The Hall–Kier alpha value is -1.08. The van der Waals surface area contributed by atoms with Gasteiger partial charge >= 0.3 is 0 Å². The summed E-state index contributed by atoms with van der Waals surface area (Å²) in [6.45, 7) is 4.46. The fourth-order valence-electron chi connectivity index (χ4n) is 2.47. The van der Waals surface area contributed by atoms with E-state index in [0.29, 0.717) is 12.1 Å². The van der Waals surface area contributed by atoms with Gasteiger partial charge in [0.2, 0.25) is 0 Å². The van der Waals surface area contributed by atoms with Crippen molar-refractivity contribution in [1.82, 2.24) is 5.32 Å². The molecule has 1 heteroatoms. The molecule has 1 N–H and O–H groups in total. The minimum absolute atomic E-state index is 0.505. The highest BCUT2D eigenvalue weighted by Gasteiger charge is 2.16. The van der Waals surface area contributed by atoms with Crippen molar-refractivity contribution in [3.8, 4) is 0 Å². The van der Waals surface area contributed by atoms with Gasteiger partial charge in [-0.1, -0.05) is 50.3 Å². The molecule has 92 valence electrons. The second-order valence-corrected chi connectivity index (χ2v) is 4.86. The summed E-state index contributed by atoms with van der Waals surface area (Å²) in [7, 11) is 0. The van der Waals surface area contributed by atoms with Crippen molar-refractivity contribution in [1.29, 1.82) is 0 Å². The molecule has 0 aliphatic heterocycles. The fraction of sp³-hybridized carbons (Fsp3) is 0.500. The monoisotopic (exact) mass is 229 g/mol. The highest BCUT2D eigenvalue weighted by Crippen LogP contribution is 2.21. The van der Waals surface area contributed by atoms with E-state index in [9.17, 15) is 0 Å². The number of hydrogen-bond donors (Lipinski definition) is 1. The summed E-state index contributed by atoms with van der Waals surface area (Å²) in [6, 6.07) is 10.2. The van der Waals surface area contributed by atoms with Crippen LogP contribution in [-0.4, -0.2) is 6.04 Å². The average molecular weight is 229 g/mol. The Morgan fingerprint density at radius 1 is 1.12 bits per heavy atom. The van der Waals surface area contributed by atoms with Crippen LogP contribution in [-0.2, 0) is 6.42 Å². The molecule has 0 amide bonds. The van der Waals surface area contributed by atoms with Crippen LogP contribution in [0.1, 0.15) is 50.3 Å². The van der Waals surface area contributed by atoms with E-state index in [0.717, 1.165) is 12.8 Å². The van der Waals surface area contributed by atoms with Gasteiger partial charge in [0.25, 0.3) is 0 Å². The lowest BCUT2D eigenvalue weighted by atomic mass is 10.0. The summed E-state index contributed by atoms with van der Waals surface area (Å²) in [4.78, 5) is 0. The van der Waals surface area contributed by atoms with Gasteiger partial charge in [0, 0.05) is 12.1 Å². The summed E-state index contributed by atoms with van der Waals surface area (Å²) < 4.78 is 0. The molecule has 1 aliphatic carbocycles. The Morgan fingerprint density at radius 2 is 1.76 bits per heavy atom. The van der Waals surface area contributed by atoms with Crippen LogP contribution in [0.2, 0.25) is 0 Å². The van der Waals surface area contributed by atoms with Gasteiger partial charge in [-0.15, -0.1) is 0 Å². The quantitative estimate of drug-likeness (QED) is 0.752. The zero-order valence-corrected chi connectivity index (χ0v) is 10.9. The number of benzene rings is 1. The summed E-state index contributed by atoms with van der Waals surface area (Å²) in [5, 5.41) is 3.76. The topological polar surface area (TPSA) is 12.0 Å². The summed E-state index contributed by atoms with van der Waals surface area (Å²) in [5.74, 6) is 0. The van der Waals surface area contributed by atoms with Gasteiger partial charge in [0.15, 0.2) is 0 Å². The standard InChI is InChI=1S/C16H23N/c1-3-13-9-11-14(12-10-13)16(4-2)17-15-7-5-6-8-15/h5-6,9-12,15-17H,3-4,7-8H2,1-2H3. The van der Waals surface area contributed by atoms with Gasteiger partial charge in [-0.3, -0.25) is 0 Å². The molecule has 0 aromatic heterocycles. The van der Waals surface area contributed by atoms with Gasteiger partial charge < -0.3 is 5.32 Å². The van der Waals surface area contributed by atoms with E-state index in [-0.39, 0.29) is 0 Å². The highest BCUT2D eigenvalue weighted by atomic mass is 14.9. The van der Waals surface area contributed by atoms with Crippen molar-refractivity contribution in [3.63, 3.8) is 0 Å². The van der Waals surface area contributed by atoms with Gasteiger partial charge in [-0.05, 0) is 36.8 Å². The number of nitrogens with one attached hydrogen (secondary N) is 1. The Kier molecular flexibility index (Phi) is 4.38. The second-order valence-electron chi connectivity index (χ2n) is 4.86. The van der Waals surface area contributed by atoms with E-state index in [2.05, 4.69) is 55.6 Å². The third kappa shape index (κ3) is 3.19. The molecule has 0 heterocycles. The molecule has 1 aromatic carbocycles. The lowest BCUT2D eigenvalue weighted by Gasteiger charge is -2.22. The molecule has 0 saturated heterocycles. The predicted octanol–water partition coefficient (Wildman–Crippen LogP) is 4.01. The molecule has 0 radical (unpaired) electrons. The molecule has 17 heavy (non-hydrogen) atoms. The zero-order valence-electron chi connectivity index (χ0n) is 10.9. The summed E-state index contributed by atoms with van der Waals surface area (Å²) in [6.07, 6.45) is 9.21. The highest BCUT2D eigenvalue weighted by molar-refractivity contribution is 5.25. The molecule has 1 aromatic rings. The van der Waals surface area contributed by atoms with Crippen LogP contribution in [0.5, 0.6) is 0 Å². The first kappa shape index (κ1) is 12.4. The molecule has 0 saturated carbocycles. The Bertz CT molecular complexity index is 356. The van der Waals surface area contributed by atoms with E-state index < -0.39 is 0 Å². The third-order valence-electron chi connectivity index (χ3n) is 3.64. The Morgan fingerprint density at radius 3 is 2.29 bits per heavy atom. The Balaban J connectivity index is 2.00. The van der Waals surface area contributed by atoms with Crippen LogP contribution in [0.15, 0.2) is 36.4 Å². The smallest absolute Gasteiger partial charge is 0.0320 e. The maximum atomic E-state index is 3.76. The van der Waals surface area contributed by atoms with Crippen molar-refractivity contribution in [2.45, 2.75) is 51.6 Å². The van der Waals surface area contributed by atoms with Gasteiger partial charge in [0.1, 0.15) is 0 Å². The van der Waals surface area contributed by atoms with E-state index in [4.69, 9.17) is 0 Å². The predicted molar refractivity (Wildman–Crippen MR) is 74.1 cm³/mol. The Labute approximate surface area is 105 Å². The van der Waals surface area contributed by atoms with Crippen molar-refractivity contribution in [2.24, 2.45) is 0 Å². The molecule has 0 bridgehead atoms. The van der Waals surface area contributed by atoms with Crippen LogP contribution in [0, 0.1) is 0 Å². The molecule has 0 spiro atoms. The van der Waals surface area contributed by atoms with Gasteiger partial charge in [-0.25, -0.2) is 0 Å². The second kappa shape index (κ2) is 6.02. The van der Waals surface area contributed by atoms with Crippen molar-refractivity contribution in [3.05, 3.63) is 47.5 Å². The van der Waals surface area contributed by atoms with Crippen LogP contribution < -0.4 is 5.32 Å². The zero-order chi connectivity index (χ0) is 12.1. The number of hydrogen-bond acceptors (Lipinski definition) is 1. The maximum absolute atomic E-state index is 3.76. The SMILES string of the molecule is CCc1ccc(C(CC)NC2CC=CC2)cc1. The largest absolute Gasteiger partial charge is 0.307 e. The molecular weight excluding hydrogens is 206 g/mol. The van der Waals surface area contributed by atoms with Crippen LogP contribution >= 0.6 is 0 Å². The number of rotatable bonds is 5. The first-order valence-electron chi connectivity index (χ1n) is 6.83. The molecule has 1 atom stereocenters. The molecule has 1 aliphatic rings. The molecule has 0 fully saturated rings. The van der Waals surface area contributed by atoms with Crippen molar-refractivity contribution >= 4 is 0 Å². The average Bonchev–Trinajstić information content (AvgIpc) is 2.89. The third-order valence-corrected chi connectivity index (χ3v) is 3.64. The van der Waals surface area contributed by atoms with Crippen LogP contribution in [0.25, 0.3) is 0 Å². The van der Waals surface area contributed by atoms with Gasteiger partial charge in [0.05, 0.1) is 0 Å². The van der Waals surface area contributed by atoms with E-state index in [1.807, 2.05) is 0 Å². The fourth-order valence-corrected chi connectivity index (χ4v) is 2.47. The number of aryl methyl sites for hydroxylation is 1. The van der Waals surface area contributed by atoms with Crippen molar-refractivity contribution in [2.75, 3.05) is 0 Å². The molecule has 1 unspecified atom stereocenters. The van der Waals surface area contributed by atoms with E-state index in [1.165, 1.54) is 24.0 Å². The normalized spacial score (nSPS) is 17.5.